The second kappa shape index (κ2) is 8.33. The second-order valence-electron chi connectivity index (χ2n) is 6.45. The molecular formula is C22H15BrN2O4S. The molecule has 2 aromatic carbocycles. The number of nitrogens with zero attached hydrogens (tertiary/aromatic N) is 1. The van der Waals surface area contributed by atoms with Crippen LogP contribution in [0.3, 0.4) is 0 Å². The Morgan fingerprint density at radius 1 is 1.03 bits per heavy atom. The molecule has 1 N–H and O–H groups in total. The van der Waals surface area contributed by atoms with Crippen LogP contribution in [0.1, 0.15) is 12.7 Å². The van der Waals surface area contributed by atoms with Crippen LogP contribution in [0.25, 0.3) is 17.4 Å². The summed E-state index contributed by atoms with van der Waals surface area (Å²) >= 11 is 4.25. The molecule has 1 saturated heterocycles. The zero-order valence-corrected chi connectivity index (χ0v) is 18.1. The maximum Gasteiger partial charge on any atom is 0.298 e. The Balaban J connectivity index is 1.54. The number of carbonyl (C=O) groups excluding carboxylic acids is 3. The van der Waals surface area contributed by atoms with Gasteiger partial charge in [-0.2, -0.15) is 0 Å². The average Bonchev–Trinajstić information content (AvgIpc) is 3.28. The van der Waals surface area contributed by atoms with E-state index in [0.29, 0.717) is 22.9 Å². The van der Waals surface area contributed by atoms with E-state index in [1.54, 1.807) is 36.4 Å². The average molecular weight is 483 g/mol. The van der Waals surface area contributed by atoms with Gasteiger partial charge in [0.15, 0.2) is 0 Å². The Morgan fingerprint density at radius 3 is 2.40 bits per heavy atom. The van der Waals surface area contributed by atoms with Gasteiger partial charge in [0.2, 0.25) is 5.91 Å². The summed E-state index contributed by atoms with van der Waals surface area (Å²) in [4.78, 5) is 37.7. The van der Waals surface area contributed by atoms with E-state index in [2.05, 4.69) is 21.2 Å². The van der Waals surface area contributed by atoms with Crippen molar-refractivity contribution in [3.8, 4) is 11.3 Å². The maximum absolute atomic E-state index is 12.8. The fourth-order valence-electron chi connectivity index (χ4n) is 2.92. The Labute approximate surface area is 185 Å². The lowest BCUT2D eigenvalue weighted by atomic mass is 10.2. The van der Waals surface area contributed by atoms with E-state index in [1.165, 1.54) is 6.92 Å². The number of amides is 3. The van der Waals surface area contributed by atoms with Gasteiger partial charge in [-0.05, 0) is 60.3 Å². The highest BCUT2D eigenvalue weighted by molar-refractivity contribution is 9.10. The van der Waals surface area contributed by atoms with Crippen molar-refractivity contribution in [1.82, 2.24) is 0 Å². The molecule has 1 aliphatic rings. The molecule has 1 aromatic heterocycles. The summed E-state index contributed by atoms with van der Waals surface area (Å²) in [6.07, 6.45) is 1.57. The van der Waals surface area contributed by atoms with Gasteiger partial charge in [-0.3, -0.25) is 14.4 Å². The largest absolute Gasteiger partial charge is 0.457 e. The third-order valence-electron chi connectivity index (χ3n) is 4.27. The maximum atomic E-state index is 12.8. The lowest BCUT2D eigenvalue weighted by Gasteiger charge is -2.13. The molecule has 8 heteroatoms. The summed E-state index contributed by atoms with van der Waals surface area (Å²) in [5.74, 6) is 0.539. The fourth-order valence-corrected chi connectivity index (χ4v) is 4.00. The van der Waals surface area contributed by atoms with Gasteiger partial charge in [0.25, 0.3) is 11.1 Å². The number of thioether (sulfide) groups is 1. The third-order valence-corrected chi connectivity index (χ3v) is 5.67. The van der Waals surface area contributed by atoms with Crippen molar-refractivity contribution in [2.75, 3.05) is 10.2 Å². The molecule has 1 aliphatic heterocycles. The molecule has 0 atom stereocenters. The van der Waals surface area contributed by atoms with Crippen LogP contribution in [0, 0.1) is 0 Å². The summed E-state index contributed by atoms with van der Waals surface area (Å²) in [6.45, 7) is 1.41. The number of anilines is 2. The van der Waals surface area contributed by atoms with Crippen LogP contribution in [0.2, 0.25) is 0 Å². The van der Waals surface area contributed by atoms with Gasteiger partial charge in [0, 0.05) is 28.7 Å². The van der Waals surface area contributed by atoms with Gasteiger partial charge < -0.3 is 9.73 Å². The summed E-state index contributed by atoms with van der Waals surface area (Å²) in [6, 6.07) is 17.8. The van der Waals surface area contributed by atoms with Crippen LogP contribution < -0.4 is 10.2 Å². The smallest absolute Gasteiger partial charge is 0.298 e. The number of benzene rings is 2. The van der Waals surface area contributed by atoms with Crippen LogP contribution in [-0.4, -0.2) is 17.1 Å². The lowest BCUT2D eigenvalue weighted by Crippen LogP contribution is -2.27. The molecule has 0 radical (unpaired) electrons. The van der Waals surface area contributed by atoms with Gasteiger partial charge in [-0.1, -0.05) is 28.1 Å². The van der Waals surface area contributed by atoms with Crippen LogP contribution in [0.4, 0.5) is 16.2 Å². The first-order valence-corrected chi connectivity index (χ1v) is 10.5. The van der Waals surface area contributed by atoms with E-state index < -0.39 is 11.1 Å². The molecule has 150 valence electrons. The number of hydrogen-bond donors (Lipinski definition) is 1. The number of halogens is 1. The van der Waals surface area contributed by atoms with Crippen molar-refractivity contribution >= 4 is 62.2 Å². The Hall–Kier alpha value is -3.10. The van der Waals surface area contributed by atoms with Crippen molar-refractivity contribution < 1.29 is 18.8 Å². The summed E-state index contributed by atoms with van der Waals surface area (Å²) in [5, 5.41) is 2.26. The van der Waals surface area contributed by atoms with E-state index in [4.69, 9.17) is 4.42 Å². The van der Waals surface area contributed by atoms with Gasteiger partial charge in [0.1, 0.15) is 11.5 Å². The predicted molar refractivity (Wildman–Crippen MR) is 121 cm³/mol. The first-order valence-electron chi connectivity index (χ1n) is 8.92. The van der Waals surface area contributed by atoms with Crippen molar-refractivity contribution in [3.63, 3.8) is 0 Å². The molecule has 4 rings (SSSR count). The minimum Gasteiger partial charge on any atom is -0.457 e. The second-order valence-corrected chi connectivity index (χ2v) is 8.36. The first-order chi connectivity index (χ1) is 14.4. The topological polar surface area (TPSA) is 79.6 Å². The first kappa shape index (κ1) is 20.2. The number of furan rings is 1. The molecule has 6 nitrogen and oxygen atoms in total. The fraction of sp³-hybridized carbons (Fsp3) is 0.0455. The van der Waals surface area contributed by atoms with E-state index >= 15 is 0 Å². The molecular weight excluding hydrogens is 468 g/mol. The van der Waals surface area contributed by atoms with Crippen molar-refractivity contribution in [2.24, 2.45) is 0 Å². The molecule has 3 amide bonds. The SMILES string of the molecule is CC(=O)Nc1ccc(N2C(=O)S/C(=C/c3ccc(-c4ccc(Br)cc4)o3)C2=O)cc1. The minimum atomic E-state index is -0.418. The number of hydrogen-bond acceptors (Lipinski definition) is 5. The van der Waals surface area contributed by atoms with Crippen LogP contribution in [0.5, 0.6) is 0 Å². The normalized spacial score (nSPS) is 15.1. The highest BCUT2D eigenvalue weighted by Gasteiger charge is 2.36. The van der Waals surface area contributed by atoms with E-state index in [9.17, 15) is 14.4 Å². The van der Waals surface area contributed by atoms with E-state index in [1.807, 2.05) is 30.3 Å². The number of rotatable bonds is 4. The van der Waals surface area contributed by atoms with Gasteiger partial charge in [0.05, 0.1) is 10.6 Å². The summed E-state index contributed by atoms with van der Waals surface area (Å²) < 4.78 is 6.79. The minimum absolute atomic E-state index is 0.196. The quantitative estimate of drug-likeness (QED) is 0.467. The van der Waals surface area contributed by atoms with E-state index in [0.717, 1.165) is 26.7 Å². The van der Waals surface area contributed by atoms with Gasteiger partial charge in [-0.15, -0.1) is 0 Å². The Morgan fingerprint density at radius 2 is 1.73 bits per heavy atom. The standard InChI is InChI=1S/C22H15BrN2O4S/c1-13(26)24-16-6-8-17(9-7-16)25-21(27)20(30-22(25)28)12-18-10-11-19(29-18)14-2-4-15(23)5-3-14/h2-12H,1H3,(H,24,26)/b20-12+. The molecule has 0 bridgehead atoms. The zero-order chi connectivity index (χ0) is 21.3. The van der Waals surface area contributed by atoms with E-state index in [-0.39, 0.29) is 10.8 Å². The molecule has 0 spiro atoms. The monoisotopic (exact) mass is 482 g/mol. The van der Waals surface area contributed by atoms with Crippen LogP contribution in [0.15, 0.2) is 74.5 Å². The highest BCUT2D eigenvalue weighted by Crippen LogP contribution is 2.36. The zero-order valence-electron chi connectivity index (χ0n) is 15.7. The van der Waals surface area contributed by atoms with Crippen molar-refractivity contribution in [1.29, 1.82) is 0 Å². The number of nitrogens with one attached hydrogen (secondary N) is 1. The highest BCUT2D eigenvalue weighted by atomic mass is 79.9. The molecule has 2 heterocycles. The molecule has 30 heavy (non-hydrogen) atoms. The summed E-state index contributed by atoms with van der Waals surface area (Å²) in [5.41, 5.74) is 1.93. The number of carbonyl (C=O) groups is 3. The Bertz CT molecular complexity index is 1170. The molecule has 0 aliphatic carbocycles. The molecule has 3 aromatic rings. The van der Waals surface area contributed by atoms with Gasteiger partial charge in [-0.25, -0.2) is 4.90 Å². The third kappa shape index (κ3) is 4.24. The van der Waals surface area contributed by atoms with Crippen LogP contribution in [-0.2, 0) is 9.59 Å². The summed E-state index contributed by atoms with van der Waals surface area (Å²) in [7, 11) is 0. The molecule has 0 unspecified atom stereocenters. The predicted octanol–water partition coefficient (Wildman–Crippen LogP) is 5.91. The van der Waals surface area contributed by atoms with Crippen molar-refractivity contribution in [3.05, 3.63) is 75.8 Å². The lowest BCUT2D eigenvalue weighted by molar-refractivity contribution is -0.114. The molecule has 1 fully saturated rings. The van der Waals surface area contributed by atoms with Crippen LogP contribution >= 0.6 is 27.7 Å². The van der Waals surface area contributed by atoms with Crippen molar-refractivity contribution in [2.45, 2.75) is 6.92 Å². The number of imide groups is 1. The Kier molecular flexibility index (Phi) is 5.61. The molecule has 0 saturated carbocycles. The van der Waals surface area contributed by atoms with Gasteiger partial charge >= 0.3 is 0 Å².